The summed E-state index contributed by atoms with van der Waals surface area (Å²) < 4.78 is 0. The number of nitrogens with two attached hydrogens (primary N) is 1. The van der Waals surface area contributed by atoms with Crippen molar-refractivity contribution < 1.29 is 0 Å². The molecular weight excluding hydrogens is 138 g/mol. The van der Waals surface area contributed by atoms with Gasteiger partial charge in [0.25, 0.3) is 0 Å². The Balaban J connectivity index is 2.43. The summed E-state index contributed by atoms with van der Waals surface area (Å²) in [4.78, 5) is 2.40. The first kappa shape index (κ1) is 8.97. The third kappa shape index (κ3) is 2.15. The molecule has 0 aliphatic carbocycles. The summed E-state index contributed by atoms with van der Waals surface area (Å²) in [5.41, 5.74) is 2.81. The Labute approximate surface area is 68.9 Å². The van der Waals surface area contributed by atoms with Crippen molar-refractivity contribution in [3.63, 3.8) is 0 Å². The number of nitrogens with one attached hydrogen (secondary N) is 1. The first-order valence-corrected chi connectivity index (χ1v) is 4.39. The van der Waals surface area contributed by atoms with Crippen molar-refractivity contribution in [2.45, 2.75) is 38.8 Å². The Hall–Kier alpha value is -0.120. The highest BCUT2D eigenvalue weighted by Crippen LogP contribution is 2.16. The molecule has 1 fully saturated rings. The fourth-order valence-corrected chi connectivity index (χ4v) is 1.54. The van der Waals surface area contributed by atoms with E-state index in [1.54, 1.807) is 0 Å². The molecule has 1 saturated heterocycles. The van der Waals surface area contributed by atoms with Gasteiger partial charge in [-0.15, -0.1) is 0 Å². The highest BCUT2D eigenvalue weighted by Gasteiger charge is 2.25. The number of hydrazine groups is 1. The van der Waals surface area contributed by atoms with Gasteiger partial charge >= 0.3 is 0 Å². The van der Waals surface area contributed by atoms with Gasteiger partial charge in [-0.2, -0.15) is 0 Å². The van der Waals surface area contributed by atoms with E-state index in [0.717, 1.165) is 0 Å². The maximum Gasteiger partial charge on any atom is 0.0782 e. The van der Waals surface area contributed by atoms with Crippen molar-refractivity contribution in [3.8, 4) is 0 Å². The van der Waals surface area contributed by atoms with E-state index in [2.05, 4.69) is 24.2 Å². The maximum absolute atomic E-state index is 5.45. The van der Waals surface area contributed by atoms with Crippen LogP contribution in [-0.4, -0.2) is 23.7 Å². The molecule has 1 rings (SSSR count). The van der Waals surface area contributed by atoms with Crippen LogP contribution in [0, 0.1) is 0 Å². The van der Waals surface area contributed by atoms with Crippen molar-refractivity contribution in [1.82, 2.24) is 10.3 Å². The van der Waals surface area contributed by atoms with Gasteiger partial charge in [0, 0.05) is 0 Å². The molecule has 0 atom stereocenters. The zero-order chi connectivity index (χ0) is 8.32. The van der Waals surface area contributed by atoms with Crippen molar-refractivity contribution in [2.75, 3.05) is 13.1 Å². The van der Waals surface area contributed by atoms with E-state index in [0.29, 0.717) is 0 Å². The number of rotatable bonds is 2. The number of piperidine rings is 1. The van der Waals surface area contributed by atoms with E-state index in [1.165, 1.54) is 32.4 Å². The van der Waals surface area contributed by atoms with Gasteiger partial charge in [-0.25, -0.2) is 5.43 Å². The zero-order valence-electron chi connectivity index (χ0n) is 7.56. The number of nitrogens with zero attached hydrogens (tertiary/aromatic N) is 1. The highest BCUT2D eigenvalue weighted by atomic mass is 15.4. The van der Waals surface area contributed by atoms with Gasteiger partial charge in [0.2, 0.25) is 0 Å². The van der Waals surface area contributed by atoms with Crippen LogP contribution >= 0.6 is 0 Å². The van der Waals surface area contributed by atoms with Gasteiger partial charge in [-0.1, -0.05) is 6.42 Å². The van der Waals surface area contributed by atoms with Gasteiger partial charge < -0.3 is 0 Å². The average Bonchev–Trinajstić information content (AvgIpc) is 2.06. The quantitative estimate of drug-likeness (QED) is 0.457. The van der Waals surface area contributed by atoms with E-state index in [4.69, 9.17) is 5.84 Å². The SMILES string of the molecule is CC(C)(NN)N1CCCCC1. The minimum Gasteiger partial charge on any atom is -0.285 e. The summed E-state index contributed by atoms with van der Waals surface area (Å²) in [6.45, 7) is 6.60. The largest absolute Gasteiger partial charge is 0.285 e. The van der Waals surface area contributed by atoms with Crippen LogP contribution in [0.25, 0.3) is 0 Å². The van der Waals surface area contributed by atoms with Gasteiger partial charge in [0.15, 0.2) is 0 Å². The summed E-state index contributed by atoms with van der Waals surface area (Å²) in [5, 5.41) is 0. The molecule has 3 nitrogen and oxygen atoms in total. The van der Waals surface area contributed by atoms with E-state index in [9.17, 15) is 0 Å². The van der Waals surface area contributed by atoms with Crippen molar-refractivity contribution in [3.05, 3.63) is 0 Å². The van der Waals surface area contributed by atoms with Crippen molar-refractivity contribution in [2.24, 2.45) is 5.84 Å². The van der Waals surface area contributed by atoms with Crippen LogP contribution in [0.1, 0.15) is 33.1 Å². The minimum atomic E-state index is -0.0274. The molecule has 0 unspecified atom stereocenters. The van der Waals surface area contributed by atoms with Crippen LogP contribution in [-0.2, 0) is 0 Å². The Kier molecular flexibility index (Phi) is 2.87. The molecule has 3 heteroatoms. The molecule has 0 aromatic heterocycles. The summed E-state index contributed by atoms with van der Waals surface area (Å²) in [6, 6.07) is 0. The first-order valence-electron chi connectivity index (χ1n) is 4.39. The number of hydrogen-bond donors (Lipinski definition) is 2. The first-order chi connectivity index (χ1) is 5.17. The molecule has 1 heterocycles. The van der Waals surface area contributed by atoms with Gasteiger partial charge in [0.05, 0.1) is 5.66 Å². The molecule has 0 aromatic rings. The lowest BCUT2D eigenvalue weighted by atomic mass is 10.1. The topological polar surface area (TPSA) is 41.3 Å². The lowest BCUT2D eigenvalue weighted by molar-refractivity contribution is 0.0669. The van der Waals surface area contributed by atoms with Crippen molar-refractivity contribution in [1.29, 1.82) is 0 Å². The fourth-order valence-electron chi connectivity index (χ4n) is 1.54. The van der Waals surface area contributed by atoms with E-state index >= 15 is 0 Å². The average molecular weight is 157 g/mol. The second-order valence-corrected chi connectivity index (χ2v) is 3.75. The highest BCUT2D eigenvalue weighted by molar-refractivity contribution is 4.78. The smallest absolute Gasteiger partial charge is 0.0782 e. The van der Waals surface area contributed by atoms with Gasteiger partial charge in [0.1, 0.15) is 0 Å². The third-order valence-electron chi connectivity index (χ3n) is 2.50. The van der Waals surface area contributed by atoms with Crippen LogP contribution < -0.4 is 11.3 Å². The normalized spacial score (nSPS) is 22.1. The van der Waals surface area contributed by atoms with Gasteiger partial charge in [-0.3, -0.25) is 10.7 Å². The molecule has 66 valence electrons. The van der Waals surface area contributed by atoms with Gasteiger partial charge in [-0.05, 0) is 39.8 Å². The lowest BCUT2D eigenvalue weighted by Crippen LogP contribution is -2.58. The molecule has 3 N–H and O–H groups in total. The maximum atomic E-state index is 5.45. The van der Waals surface area contributed by atoms with E-state index < -0.39 is 0 Å². The van der Waals surface area contributed by atoms with Crippen molar-refractivity contribution >= 4 is 0 Å². The molecule has 1 aliphatic heterocycles. The molecule has 0 spiro atoms. The third-order valence-corrected chi connectivity index (χ3v) is 2.50. The minimum absolute atomic E-state index is 0.0274. The van der Waals surface area contributed by atoms with Crippen LogP contribution in [0.4, 0.5) is 0 Å². The Morgan fingerprint density at radius 2 is 1.73 bits per heavy atom. The standard InChI is InChI=1S/C8H19N3/c1-8(2,10-9)11-6-4-3-5-7-11/h10H,3-7,9H2,1-2H3. The second-order valence-electron chi connectivity index (χ2n) is 3.75. The second kappa shape index (κ2) is 3.52. The predicted molar refractivity (Wildman–Crippen MR) is 46.8 cm³/mol. The Bertz CT molecular complexity index is 117. The van der Waals surface area contributed by atoms with Crippen LogP contribution in [0.5, 0.6) is 0 Å². The van der Waals surface area contributed by atoms with Crippen LogP contribution in [0.3, 0.4) is 0 Å². The van der Waals surface area contributed by atoms with E-state index in [-0.39, 0.29) is 5.66 Å². The summed E-state index contributed by atoms with van der Waals surface area (Å²) in [6.07, 6.45) is 3.99. The monoisotopic (exact) mass is 157 g/mol. The Morgan fingerprint density at radius 1 is 1.18 bits per heavy atom. The molecule has 0 saturated carbocycles. The van der Waals surface area contributed by atoms with E-state index in [1.807, 2.05) is 0 Å². The molecule has 0 radical (unpaired) electrons. The molecule has 11 heavy (non-hydrogen) atoms. The summed E-state index contributed by atoms with van der Waals surface area (Å²) in [5.74, 6) is 5.45. The molecular formula is C8H19N3. The summed E-state index contributed by atoms with van der Waals surface area (Å²) in [7, 11) is 0. The summed E-state index contributed by atoms with van der Waals surface area (Å²) >= 11 is 0. The number of hydrogen-bond acceptors (Lipinski definition) is 3. The number of likely N-dealkylation sites (tertiary alicyclic amines) is 1. The molecule has 0 aromatic carbocycles. The lowest BCUT2D eigenvalue weighted by Gasteiger charge is -2.40. The molecule has 0 bridgehead atoms. The zero-order valence-corrected chi connectivity index (χ0v) is 7.56. The predicted octanol–water partition coefficient (Wildman–Crippen LogP) is 0.672. The van der Waals surface area contributed by atoms with Crippen LogP contribution in [0.2, 0.25) is 0 Å². The fraction of sp³-hybridized carbons (Fsp3) is 1.00. The molecule has 1 aliphatic rings. The van der Waals surface area contributed by atoms with Crippen LogP contribution in [0.15, 0.2) is 0 Å². The Morgan fingerprint density at radius 3 is 2.18 bits per heavy atom. The molecule has 0 amide bonds.